The first kappa shape index (κ1) is 11.1. The van der Waals surface area contributed by atoms with E-state index in [9.17, 15) is 0 Å². The van der Waals surface area contributed by atoms with Crippen molar-refractivity contribution in [3.05, 3.63) is 30.3 Å². The van der Waals surface area contributed by atoms with E-state index in [4.69, 9.17) is 10.5 Å². The lowest BCUT2D eigenvalue weighted by Crippen LogP contribution is -2.40. The Labute approximate surface area is 86.1 Å². The molecular formula is C12H19NO. The van der Waals surface area contributed by atoms with Crippen LogP contribution in [0.25, 0.3) is 0 Å². The summed E-state index contributed by atoms with van der Waals surface area (Å²) in [5.74, 6) is 0.882. The Morgan fingerprint density at radius 2 is 1.79 bits per heavy atom. The molecule has 1 aromatic rings. The van der Waals surface area contributed by atoms with Gasteiger partial charge in [0.05, 0.1) is 0 Å². The van der Waals surface area contributed by atoms with Gasteiger partial charge in [-0.25, -0.2) is 0 Å². The van der Waals surface area contributed by atoms with Gasteiger partial charge in [0.25, 0.3) is 0 Å². The maximum absolute atomic E-state index is 5.97. The van der Waals surface area contributed by atoms with Crippen molar-refractivity contribution in [3.63, 3.8) is 0 Å². The summed E-state index contributed by atoms with van der Waals surface area (Å²) in [6.07, 6.45) is 0. The van der Waals surface area contributed by atoms with Gasteiger partial charge < -0.3 is 10.5 Å². The molecule has 0 saturated carbocycles. The quantitative estimate of drug-likeness (QED) is 0.800. The van der Waals surface area contributed by atoms with Gasteiger partial charge in [-0.3, -0.25) is 0 Å². The molecule has 0 fully saturated rings. The first-order chi connectivity index (χ1) is 6.50. The highest BCUT2D eigenvalue weighted by atomic mass is 16.5. The summed E-state index contributed by atoms with van der Waals surface area (Å²) in [6.45, 7) is 6.91. The highest BCUT2D eigenvalue weighted by Gasteiger charge is 2.20. The van der Waals surface area contributed by atoms with Crippen LogP contribution in [0.1, 0.15) is 20.8 Å². The molecule has 2 heteroatoms. The van der Waals surface area contributed by atoms with Gasteiger partial charge in [-0.1, -0.05) is 39.0 Å². The lowest BCUT2D eigenvalue weighted by molar-refractivity contribution is 0.205. The minimum absolute atomic E-state index is 0.0581. The zero-order valence-electron chi connectivity index (χ0n) is 9.16. The third-order valence-corrected chi connectivity index (χ3v) is 2.29. The van der Waals surface area contributed by atoms with E-state index in [2.05, 4.69) is 20.8 Å². The SMILES string of the molecule is CC(C)(C)[C@H](N)COc1ccccc1. The number of hydrogen-bond donors (Lipinski definition) is 1. The van der Waals surface area contributed by atoms with Crippen molar-refractivity contribution >= 4 is 0 Å². The zero-order valence-corrected chi connectivity index (χ0v) is 9.16. The second kappa shape index (κ2) is 4.47. The molecule has 0 aliphatic heterocycles. The fraction of sp³-hybridized carbons (Fsp3) is 0.500. The molecule has 0 aliphatic rings. The van der Waals surface area contributed by atoms with Crippen LogP contribution >= 0.6 is 0 Å². The van der Waals surface area contributed by atoms with E-state index in [1.807, 2.05) is 30.3 Å². The number of benzene rings is 1. The minimum Gasteiger partial charge on any atom is -0.492 e. The second-order valence-corrected chi connectivity index (χ2v) is 4.60. The summed E-state index contributed by atoms with van der Waals surface area (Å²) >= 11 is 0. The molecule has 0 radical (unpaired) electrons. The first-order valence-electron chi connectivity index (χ1n) is 4.93. The molecule has 14 heavy (non-hydrogen) atoms. The van der Waals surface area contributed by atoms with E-state index in [1.165, 1.54) is 0 Å². The van der Waals surface area contributed by atoms with Crippen molar-refractivity contribution in [3.8, 4) is 5.75 Å². The Morgan fingerprint density at radius 3 is 2.29 bits per heavy atom. The Kier molecular flexibility index (Phi) is 3.53. The van der Waals surface area contributed by atoms with E-state index in [0.717, 1.165) is 5.75 Å². The van der Waals surface area contributed by atoms with Gasteiger partial charge in [0, 0.05) is 6.04 Å². The summed E-state index contributed by atoms with van der Waals surface area (Å²) in [5, 5.41) is 0. The molecule has 1 aromatic carbocycles. The molecule has 0 aromatic heterocycles. The third kappa shape index (κ3) is 3.38. The average molecular weight is 193 g/mol. The highest BCUT2D eigenvalue weighted by molar-refractivity contribution is 5.20. The molecule has 0 bridgehead atoms. The zero-order chi connectivity index (χ0) is 10.6. The maximum atomic E-state index is 5.97. The predicted octanol–water partition coefficient (Wildman–Crippen LogP) is 2.44. The van der Waals surface area contributed by atoms with Gasteiger partial charge in [-0.2, -0.15) is 0 Å². The molecule has 0 saturated heterocycles. The lowest BCUT2D eigenvalue weighted by atomic mass is 9.88. The van der Waals surface area contributed by atoms with E-state index in [-0.39, 0.29) is 11.5 Å². The van der Waals surface area contributed by atoms with Crippen LogP contribution < -0.4 is 10.5 Å². The first-order valence-corrected chi connectivity index (χ1v) is 4.93. The van der Waals surface area contributed by atoms with Crippen LogP contribution in [-0.4, -0.2) is 12.6 Å². The van der Waals surface area contributed by atoms with Gasteiger partial charge in [0.15, 0.2) is 0 Å². The minimum atomic E-state index is 0.0581. The molecule has 78 valence electrons. The molecule has 1 rings (SSSR count). The summed E-state index contributed by atoms with van der Waals surface area (Å²) in [5.41, 5.74) is 6.07. The van der Waals surface area contributed by atoms with Crippen molar-refractivity contribution in [2.24, 2.45) is 11.1 Å². The van der Waals surface area contributed by atoms with Crippen LogP contribution in [0.2, 0.25) is 0 Å². The normalized spacial score (nSPS) is 13.7. The van der Waals surface area contributed by atoms with Crippen LogP contribution in [0.5, 0.6) is 5.75 Å². The van der Waals surface area contributed by atoms with E-state index in [1.54, 1.807) is 0 Å². The molecule has 0 spiro atoms. The summed E-state index contributed by atoms with van der Waals surface area (Å²) in [7, 11) is 0. The van der Waals surface area contributed by atoms with Gasteiger partial charge in [0.1, 0.15) is 12.4 Å². The maximum Gasteiger partial charge on any atom is 0.119 e. The van der Waals surface area contributed by atoms with Crippen molar-refractivity contribution in [1.29, 1.82) is 0 Å². The van der Waals surface area contributed by atoms with Gasteiger partial charge in [-0.15, -0.1) is 0 Å². The van der Waals surface area contributed by atoms with Crippen molar-refractivity contribution < 1.29 is 4.74 Å². The summed E-state index contributed by atoms with van der Waals surface area (Å²) in [4.78, 5) is 0. The van der Waals surface area contributed by atoms with Crippen molar-refractivity contribution in [2.45, 2.75) is 26.8 Å². The van der Waals surface area contributed by atoms with E-state index in [0.29, 0.717) is 6.61 Å². The van der Waals surface area contributed by atoms with Gasteiger partial charge in [-0.05, 0) is 17.5 Å². The Bertz CT molecular complexity index is 263. The second-order valence-electron chi connectivity index (χ2n) is 4.60. The number of ether oxygens (including phenoxy) is 1. The molecule has 0 unspecified atom stereocenters. The fourth-order valence-electron chi connectivity index (χ4n) is 0.953. The summed E-state index contributed by atoms with van der Waals surface area (Å²) < 4.78 is 5.57. The van der Waals surface area contributed by atoms with Crippen molar-refractivity contribution in [2.75, 3.05) is 6.61 Å². The largest absolute Gasteiger partial charge is 0.492 e. The Hall–Kier alpha value is -1.02. The van der Waals surface area contributed by atoms with Crippen LogP contribution in [0.3, 0.4) is 0 Å². The third-order valence-electron chi connectivity index (χ3n) is 2.29. The lowest BCUT2D eigenvalue weighted by Gasteiger charge is -2.26. The number of para-hydroxylation sites is 1. The summed E-state index contributed by atoms with van der Waals surface area (Å²) in [6, 6.07) is 9.82. The van der Waals surface area contributed by atoms with Crippen LogP contribution in [0.15, 0.2) is 30.3 Å². The van der Waals surface area contributed by atoms with E-state index >= 15 is 0 Å². The molecule has 0 amide bonds. The number of hydrogen-bond acceptors (Lipinski definition) is 2. The van der Waals surface area contributed by atoms with Crippen LogP contribution in [0.4, 0.5) is 0 Å². The van der Waals surface area contributed by atoms with Crippen molar-refractivity contribution in [1.82, 2.24) is 0 Å². The average Bonchev–Trinajstić information content (AvgIpc) is 2.14. The topological polar surface area (TPSA) is 35.2 Å². The molecule has 0 heterocycles. The molecule has 2 N–H and O–H groups in total. The van der Waals surface area contributed by atoms with Crippen LogP contribution in [0, 0.1) is 5.41 Å². The number of nitrogens with two attached hydrogens (primary N) is 1. The molecule has 2 nitrogen and oxygen atoms in total. The molecule has 1 atom stereocenters. The molecular weight excluding hydrogens is 174 g/mol. The Morgan fingerprint density at radius 1 is 1.21 bits per heavy atom. The Balaban J connectivity index is 2.42. The standard InChI is InChI=1S/C12H19NO/c1-12(2,3)11(13)9-14-10-7-5-4-6-8-10/h4-8,11H,9,13H2,1-3H3/t11-/m1/s1. The van der Waals surface area contributed by atoms with Crippen LogP contribution in [-0.2, 0) is 0 Å². The van der Waals surface area contributed by atoms with Gasteiger partial charge >= 0.3 is 0 Å². The molecule has 0 aliphatic carbocycles. The fourth-order valence-corrected chi connectivity index (χ4v) is 0.953. The van der Waals surface area contributed by atoms with E-state index < -0.39 is 0 Å². The van der Waals surface area contributed by atoms with Gasteiger partial charge in [0.2, 0.25) is 0 Å². The number of rotatable bonds is 3. The predicted molar refractivity (Wildman–Crippen MR) is 59.4 cm³/mol. The smallest absolute Gasteiger partial charge is 0.119 e. The highest BCUT2D eigenvalue weighted by Crippen LogP contribution is 2.18. The monoisotopic (exact) mass is 193 g/mol.